The first-order valence-electron chi connectivity index (χ1n) is 15.2. The second-order valence-electron chi connectivity index (χ2n) is 12.7. The van der Waals surface area contributed by atoms with E-state index in [1.54, 1.807) is 18.9 Å². The molecule has 0 aromatic heterocycles. The maximum atomic E-state index is 14.6. The van der Waals surface area contributed by atoms with Crippen molar-refractivity contribution in [3.8, 4) is 5.75 Å². The molecule has 1 heterocycles. The van der Waals surface area contributed by atoms with Gasteiger partial charge in [-0.15, -0.1) is 0 Å². The summed E-state index contributed by atoms with van der Waals surface area (Å²) in [6, 6.07) is 11.0. The van der Waals surface area contributed by atoms with E-state index in [0.29, 0.717) is 12.8 Å². The minimum absolute atomic E-state index is 0.0599. The van der Waals surface area contributed by atoms with Crippen LogP contribution in [-0.4, -0.2) is 55.9 Å². The number of likely N-dealkylation sites (tertiary alicyclic amines) is 1. The molecule has 7 nitrogen and oxygen atoms in total. The largest absolute Gasteiger partial charge is 0.496 e. The van der Waals surface area contributed by atoms with Crippen molar-refractivity contribution in [3.05, 3.63) is 65.2 Å². The molecule has 4 rings (SSSR count). The van der Waals surface area contributed by atoms with Crippen molar-refractivity contribution in [1.82, 2.24) is 4.90 Å². The monoisotopic (exact) mass is 619 g/mol. The van der Waals surface area contributed by atoms with E-state index in [1.165, 1.54) is 13.2 Å². The second kappa shape index (κ2) is 13.9. The number of esters is 1. The quantitative estimate of drug-likeness (QED) is 0.282. The SMILES string of the molecule is CCOC(=O)[C@@H]1[C@H](C(C)(C)C)[C@H](OCc2cc(C(F)(F)F)ccc2OC)[C@H](c2ccccc2)N1C(=O)[C@@H]1CCC[C@@H](OC)C1. The third-order valence-corrected chi connectivity index (χ3v) is 8.88. The summed E-state index contributed by atoms with van der Waals surface area (Å²) >= 11 is 0. The third-order valence-electron chi connectivity index (χ3n) is 8.88. The zero-order chi connectivity index (χ0) is 32.2. The maximum absolute atomic E-state index is 14.6. The van der Waals surface area contributed by atoms with E-state index in [0.717, 1.165) is 30.5 Å². The number of hydrogen-bond acceptors (Lipinski definition) is 6. The van der Waals surface area contributed by atoms with Crippen LogP contribution in [0.3, 0.4) is 0 Å². The highest BCUT2D eigenvalue weighted by Gasteiger charge is 2.59. The summed E-state index contributed by atoms with van der Waals surface area (Å²) in [6.45, 7) is 7.55. The van der Waals surface area contributed by atoms with E-state index in [1.807, 2.05) is 51.1 Å². The molecule has 0 spiro atoms. The first kappa shape index (κ1) is 33.8. The van der Waals surface area contributed by atoms with Crippen molar-refractivity contribution in [3.63, 3.8) is 0 Å². The molecule has 1 saturated carbocycles. The van der Waals surface area contributed by atoms with Crippen LogP contribution in [0.1, 0.15) is 76.1 Å². The number of alkyl halides is 3. The van der Waals surface area contributed by atoms with Gasteiger partial charge in [0.1, 0.15) is 11.8 Å². The average molecular weight is 620 g/mol. The topological polar surface area (TPSA) is 74.3 Å². The number of benzene rings is 2. The number of ether oxygens (including phenoxy) is 4. The molecule has 0 radical (unpaired) electrons. The van der Waals surface area contributed by atoms with Gasteiger partial charge in [0.05, 0.1) is 44.1 Å². The zero-order valence-electron chi connectivity index (χ0n) is 26.4. The fourth-order valence-electron chi connectivity index (χ4n) is 6.85. The van der Waals surface area contributed by atoms with Crippen LogP contribution < -0.4 is 4.74 Å². The molecule has 2 aromatic rings. The van der Waals surface area contributed by atoms with Gasteiger partial charge in [0.15, 0.2) is 0 Å². The number of nitrogens with zero attached hydrogens (tertiary/aromatic N) is 1. The van der Waals surface area contributed by atoms with Gasteiger partial charge in [-0.05, 0) is 55.4 Å². The smallest absolute Gasteiger partial charge is 0.416 e. The highest BCUT2D eigenvalue weighted by atomic mass is 19.4. The van der Waals surface area contributed by atoms with Gasteiger partial charge in [-0.3, -0.25) is 4.79 Å². The Morgan fingerprint density at radius 2 is 1.70 bits per heavy atom. The Morgan fingerprint density at radius 1 is 1.00 bits per heavy atom. The molecule has 1 aliphatic carbocycles. The summed E-state index contributed by atoms with van der Waals surface area (Å²) in [5, 5.41) is 0. The van der Waals surface area contributed by atoms with E-state index >= 15 is 0 Å². The second-order valence-corrected chi connectivity index (χ2v) is 12.7. The van der Waals surface area contributed by atoms with Gasteiger partial charge in [0, 0.05) is 24.5 Å². The van der Waals surface area contributed by atoms with Crippen molar-refractivity contribution in [2.45, 2.75) is 90.5 Å². The minimum Gasteiger partial charge on any atom is -0.496 e. The molecule has 242 valence electrons. The van der Waals surface area contributed by atoms with Gasteiger partial charge in [0.25, 0.3) is 0 Å². The molecule has 0 bridgehead atoms. The third kappa shape index (κ3) is 7.23. The number of rotatable bonds is 9. The fourth-order valence-corrected chi connectivity index (χ4v) is 6.85. The summed E-state index contributed by atoms with van der Waals surface area (Å²) in [6.07, 6.45) is -2.48. The highest BCUT2D eigenvalue weighted by molar-refractivity contribution is 5.88. The number of hydrogen-bond donors (Lipinski definition) is 0. The lowest BCUT2D eigenvalue weighted by Crippen LogP contribution is -2.50. The van der Waals surface area contributed by atoms with Crippen molar-refractivity contribution in [2.75, 3.05) is 20.8 Å². The number of methoxy groups -OCH3 is 2. The van der Waals surface area contributed by atoms with Crippen molar-refractivity contribution in [2.24, 2.45) is 17.3 Å². The Bertz CT molecular complexity index is 1280. The lowest BCUT2D eigenvalue weighted by molar-refractivity contribution is -0.159. The summed E-state index contributed by atoms with van der Waals surface area (Å²) in [5.74, 6) is -1.35. The summed E-state index contributed by atoms with van der Waals surface area (Å²) in [4.78, 5) is 30.1. The van der Waals surface area contributed by atoms with Crippen molar-refractivity contribution in [1.29, 1.82) is 0 Å². The summed E-state index contributed by atoms with van der Waals surface area (Å²) < 4.78 is 64.1. The van der Waals surface area contributed by atoms with Gasteiger partial charge < -0.3 is 23.8 Å². The van der Waals surface area contributed by atoms with E-state index in [2.05, 4.69) is 0 Å². The number of carbonyl (C=O) groups is 2. The Hall–Kier alpha value is -3.11. The maximum Gasteiger partial charge on any atom is 0.416 e. The van der Waals surface area contributed by atoms with Gasteiger partial charge in [-0.25, -0.2) is 4.79 Å². The lowest BCUT2D eigenvalue weighted by atomic mass is 9.73. The van der Waals surface area contributed by atoms with Crippen LogP contribution in [0.15, 0.2) is 48.5 Å². The summed E-state index contributed by atoms with van der Waals surface area (Å²) in [5.41, 5.74) is -0.401. The fraction of sp³-hybridized carbons (Fsp3) is 0.588. The van der Waals surface area contributed by atoms with Gasteiger partial charge in [-0.1, -0.05) is 57.5 Å². The molecule has 10 heteroatoms. The standard InChI is InChI=1S/C34H44F3NO6/c1-7-43-32(40)29-27(33(2,3)4)30(44-20-23-18-24(34(35,36)37)16-17-26(23)42-6)28(21-12-9-8-10-13-21)38(29)31(39)22-14-11-15-25(19-22)41-5/h8-10,12-13,16-18,22,25,27-30H,7,11,14-15,19-20H2,1-6H3/t22-,25-,27+,28+,29+,30+/m1/s1. The van der Waals surface area contributed by atoms with Crippen LogP contribution in [0.2, 0.25) is 0 Å². The molecule has 2 fully saturated rings. The van der Waals surface area contributed by atoms with Crippen LogP contribution in [0.5, 0.6) is 5.75 Å². The van der Waals surface area contributed by atoms with Gasteiger partial charge in [0.2, 0.25) is 5.91 Å². The first-order valence-corrected chi connectivity index (χ1v) is 15.2. The Labute approximate surface area is 258 Å². The summed E-state index contributed by atoms with van der Waals surface area (Å²) in [7, 11) is 3.03. The van der Waals surface area contributed by atoms with Crippen LogP contribution in [-0.2, 0) is 36.6 Å². The molecule has 6 atom stereocenters. The molecule has 1 amide bonds. The number of amides is 1. The molecular weight excluding hydrogens is 575 g/mol. The highest BCUT2D eigenvalue weighted by Crippen LogP contribution is 2.51. The van der Waals surface area contributed by atoms with Crippen LogP contribution in [0.4, 0.5) is 13.2 Å². The molecule has 0 N–H and O–H groups in total. The van der Waals surface area contributed by atoms with Crippen molar-refractivity contribution >= 4 is 11.9 Å². The number of carbonyl (C=O) groups excluding carboxylic acids is 2. The van der Waals surface area contributed by atoms with E-state index in [-0.39, 0.29) is 42.5 Å². The molecular formula is C34H44F3NO6. The molecule has 0 unspecified atom stereocenters. The van der Waals surface area contributed by atoms with E-state index in [9.17, 15) is 22.8 Å². The van der Waals surface area contributed by atoms with E-state index in [4.69, 9.17) is 18.9 Å². The van der Waals surface area contributed by atoms with Gasteiger partial charge in [-0.2, -0.15) is 13.2 Å². The van der Waals surface area contributed by atoms with Gasteiger partial charge >= 0.3 is 12.1 Å². The molecule has 44 heavy (non-hydrogen) atoms. The molecule has 1 aliphatic heterocycles. The Morgan fingerprint density at radius 3 is 2.30 bits per heavy atom. The first-order chi connectivity index (χ1) is 20.8. The molecule has 2 aromatic carbocycles. The Kier molecular flexibility index (Phi) is 10.7. The number of halogens is 3. The average Bonchev–Trinajstić information content (AvgIpc) is 3.35. The normalized spacial score (nSPS) is 26.0. The zero-order valence-corrected chi connectivity index (χ0v) is 26.4. The van der Waals surface area contributed by atoms with Crippen LogP contribution in [0.25, 0.3) is 0 Å². The molecule has 2 aliphatic rings. The minimum atomic E-state index is -4.55. The predicted octanol–water partition coefficient (Wildman–Crippen LogP) is 6.98. The van der Waals surface area contributed by atoms with Crippen LogP contribution >= 0.6 is 0 Å². The Balaban J connectivity index is 1.84. The van der Waals surface area contributed by atoms with Crippen LogP contribution in [0, 0.1) is 17.3 Å². The van der Waals surface area contributed by atoms with E-state index < -0.39 is 47.2 Å². The predicted molar refractivity (Wildman–Crippen MR) is 159 cm³/mol. The lowest BCUT2D eigenvalue weighted by Gasteiger charge is -2.37. The van der Waals surface area contributed by atoms with Crippen molar-refractivity contribution < 1.29 is 41.7 Å². The molecule has 1 saturated heterocycles.